The molecule has 26 heavy (non-hydrogen) atoms. The average molecular weight is 351 g/mol. The number of rotatable bonds is 3. The third kappa shape index (κ3) is 5.19. The number of nitrogens with one attached hydrogen (secondary N) is 1. The lowest BCUT2D eigenvalue weighted by atomic mass is 9.80. The summed E-state index contributed by atoms with van der Waals surface area (Å²) in [7, 11) is 0. The fourth-order valence-corrected chi connectivity index (χ4v) is 2.46. The molecule has 0 saturated heterocycles. The lowest BCUT2D eigenvalue weighted by Crippen LogP contribution is -2.18. The standard InChI is InChI=1S/C22H29N3O/c1-21(2,3)17-11-15(12-18(13-17)22(4,5)6)14-24-25-20(26)16-7-9-19(23)10-8-16/h7-14H,23H2,1-6H3,(H,25,26)/b24-14+. The SMILES string of the molecule is CC(C)(C)c1cc(/C=N/NC(=O)c2ccc(N)cc2)cc(C(C)(C)C)c1. The van der Waals surface area contributed by atoms with E-state index in [-0.39, 0.29) is 16.7 Å². The molecule has 2 aromatic carbocycles. The van der Waals surface area contributed by atoms with Gasteiger partial charge in [-0.15, -0.1) is 0 Å². The summed E-state index contributed by atoms with van der Waals surface area (Å²) >= 11 is 0. The van der Waals surface area contributed by atoms with Gasteiger partial charge in [-0.2, -0.15) is 5.10 Å². The predicted molar refractivity (Wildman–Crippen MR) is 110 cm³/mol. The number of anilines is 1. The minimum atomic E-state index is -0.260. The fourth-order valence-electron chi connectivity index (χ4n) is 2.46. The highest BCUT2D eigenvalue weighted by atomic mass is 16.2. The number of nitrogens with zero attached hydrogens (tertiary/aromatic N) is 1. The van der Waals surface area contributed by atoms with E-state index in [4.69, 9.17) is 5.73 Å². The molecule has 0 bridgehead atoms. The Kier molecular flexibility index (Phi) is 5.55. The van der Waals surface area contributed by atoms with Crippen LogP contribution in [0.3, 0.4) is 0 Å². The van der Waals surface area contributed by atoms with Crippen molar-refractivity contribution in [3.05, 3.63) is 64.7 Å². The first-order valence-electron chi connectivity index (χ1n) is 8.82. The van der Waals surface area contributed by atoms with E-state index in [0.717, 1.165) is 5.56 Å². The number of hydrogen-bond acceptors (Lipinski definition) is 3. The van der Waals surface area contributed by atoms with Crippen LogP contribution < -0.4 is 11.2 Å². The van der Waals surface area contributed by atoms with E-state index in [0.29, 0.717) is 11.3 Å². The smallest absolute Gasteiger partial charge is 0.271 e. The summed E-state index contributed by atoms with van der Waals surface area (Å²) in [6.07, 6.45) is 1.69. The molecule has 0 unspecified atom stereocenters. The van der Waals surface area contributed by atoms with E-state index in [1.54, 1.807) is 30.5 Å². The molecule has 4 heteroatoms. The summed E-state index contributed by atoms with van der Waals surface area (Å²) in [6.45, 7) is 13.2. The van der Waals surface area contributed by atoms with Crippen molar-refractivity contribution in [2.45, 2.75) is 52.4 Å². The first-order chi connectivity index (χ1) is 12.0. The minimum absolute atomic E-state index is 0.0388. The van der Waals surface area contributed by atoms with Gasteiger partial charge in [0, 0.05) is 11.3 Å². The molecular weight excluding hydrogens is 322 g/mol. The van der Waals surface area contributed by atoms with E-state index >= 15 is 0 Å². The molecule has 1 amide bonds. The Morgan fingerprint density at radius 3 is 1.88 bits per heavy atom. The second-order valence-corrected chi connectivity index (χ2v) is 8.66. The lowest BCUT2D eigenvalue weighted by molar-refractivity contribution is 0.0955. The minimum Gasteiger partial charge on any atom is -0.399 e. The zero-order chi connectivity index (χ0) is 19.5. The number of hydrazone groups is 1. The van der Waals surface area contributed by atoms with Crippen molar-refractivity contribution in [1.29, 1.82) is 0 Å². The van der Waals surface area contributed by atoms with Gasteiger partial charge in [-0.25, -0.2) is 5.43 Å². The Hall–Kier alpha value is -2.62. The van der Waals surface area contributed by atoms with Gasteiger partial charge in [-0.3, -0.25) is 4.79 Å². The van der Waals surface area contributed by atoms with Gasteiger partial charge in [0.25, 0.3) is 5.91 Å². The van der Waals surface area contributed by atoms with E-state index < -0.39 is 0 Å². The molecule has 4 nitrogen and oxygen atoms in total. The molecular formula is C22H29N3O. The second-order valence-electron chi connectivity index (χ2n) is 8.66. The van der Waals surface area contributed by atoms with Crippen molar-refractivity contribution in [2.75, 3.05) is 5.73 Å². The largest absolute Gasteiger partial charge is 0.399 e. The highest BCUT2D eigenvalue weighted by Crippen LogP contribution is 2.29. The molecule has 0 atom stereocenters. The van der Waals surface area contributed by atoms with E-state index in [1.165, 1.54) is 11.1 Å². The van der Waals surface area contributed by atoms with Crippen molar-refractivity contribution in [1.82, 2.24) is 5.43 Å². The molecule has 2 aromatic rings. The number of carbonyl (C=O) groups is 1. The zero-order valence-electron chi connectivity index (χ0n) is 16.6. The van der Waals surface area contributed by atoms with Crippen molar-refractivity contribution in [3.63, 3.8) is 0 Å². The van der Waals surface area contributed by atoms with Gasteiger partial charge in [0.1, 0.15) is 0 Å². The van der Waals surface area contributed by atoms with Gasteiger partial charge in [0.15, 0.2) is 0 Å². The quantitative estimate of drug-likeness (QED) is 0.481. The molecule has 0 spiro atoms. The first-order valence-corrected chi connectivity index (χ1v) is 8.82. The van der Waals surface area contributed by atoms with Crippen LogP contribution in [0.15, 0.2) is 47.6 Å². The first kappa shape index (κ1) is 19.7. The summed E-state index contributed by atoms with van der Waals surface area (Å²) in [5, 5.41) is 4.13. The molecule has 0 aliphatic carbocycles. The molecule has 0 aromatic heterocycles. The van der Waals surface area contributed by atoms with Gasteiger partial charge in [-0.1, -0.05) is 47.6 Å². The lowest BCUT2D eigenvalue weighted by Gasteiger charge is -2.25. The highest BCUT2D eigenvalue weighted by molar-refractivity contribution is 5.95. The van der Waals surface area contributed by atoms with Gasteiger partial charge in [-0.05, 0) is 63.9 Å². The second kappa shape index (κ2) is 7.32. The van der Waals surface area contributed by atoms with Crippen LogP contribution in [0.4, 0.5) is 5.69 Å². The van der Waals surface area contributed by atoms with Crippen LogP contribution >= 0.6 is 0 Å². The maximum Gasteiger partial charge on any atom is 0.271 e. The Morgan fingerprint density at radius 1 is 0.923 bits per heavy atom. The van der Waals surface area contributed by atoms with Gasteiger partial charge in [0.2, 0.25) is 0 Å². The zero-order valence-corrected chi connectivity index (χ0v) is 16.6. The van der Waals surface area contributed by atoms with Gasteiger partial charge < -0.3 is 5.73 Å². The molecule has 0 saturated carbocycles. The third-order valence-electron chi connectivity index (χ3n) is 4.24. The molecule has 0 aliphatic heterocycles. The predicted octanol–water partition coefficient (Wildman–Crippen LogP) is 4.63. The van der Waals surface area contributed by atoms with Crippen LogP contribution in [0.5, 0.6) is 0 Å². The van der Waals surface area contributed by atoms with Crippen molar-refractivity contribution in [3.8, 4) is 0 Å². The van der Waals surface area contributed by atoms with Crippen LogP contribution in [0.25, 0.3) is 0 Å². The summed E-state index contributed by atoms with van der Waals surface area (Å²) < 4.78 is 0. The van der Waals surface area contributed by atoms with Crippen molar-refractivity contribution >= 4 is 17.8 Å². The molecule has 2 rings (SSSR count). The number of carbonyl (C=O) groups excluding carboxylic acids is 1. The monoisotopic (exact) mass is 351 g/mol. The van der Waals surface area contributed by atoms with Crippen molar-refractivity contribution in [2.24, 2.45) is 5.10 Å². The van der Waals surface area contributed by atoms with Crippen LogP contribution in [0.2, 0.25) is 0 Å². The van der Waals surface area contributed by atoms with Crippen LogP contribution in [-0.2, 0) is 10.8 Å². The molecule has 0 radical (unpaired) electrons. The maximum atomic E-state index is 12.1. The van der Waals surface area contributed by atoms with Crippen LogP contribution in [-0.4, -0.2) is 12.1 Å². The van der Waals surface area contributed by atoms with E-state index in [2.05, 4.69) is 70.3 Å². The molecule has 0 fully saturated rings. The Morgan fingerprint density at radius 2 is 1.42 bits per heavy atom. The van der Waals surface area contributed by atoms with Gasteiger partial charge >= 0.3 is 0 Å². The summed E-state index contributed by atoms with van der Waals surface area (Å²) in [5.41, 5.74) is 12.9. The van der Waals surface area contributed by atoms with E-state index in [9.17, 15) is 4.79 Å². The number of benzene rings is 2. The fraction of sp³-hybridized carbons (Fsp3) is 0.364. The summed E-state index contributed by atoms with van der Waals surface area (Å²) in [6, 6.07) is 13.2. The average Bonchev–Trinajstić information content (AvgIpc) is 2.53. The molecule has 3 N–H and O–H groups in total. The Labute approximate surface area is 156 Å². The highest BCUT2D eigenvalue weighted by Gasteiger charge is 2.20. The normalized spacial score (nSPS) is 12.4. The molecule has 0 aliphatic rings. The Bertz CT molecular complexity index is 775. The number of nitrogen functional groups attached to an aromatic ring is 1. The van der Waals surface area contributed by atoms with Crippen molar-refractivity contribution < 1.29 is 4.79 Å². The van der Waals surface area contributed by atoms with Gasteiger partial charge in [0.05, 0.1) is 6.21 Å². The van der Waals surface area contributed by atoms with Crippen LogP contribution in [0.1, 0.15) is 68.6 Å². The summed E-state index contributed by atoms with van der Waals surface area (Å²) in [5.74, 6) is -0.260. The van der Waals surface area contributed by atoms with Crippen LogP contribution in [0, 0.1) is 0 Å². The maximum absolute atomic E-state index is 12.1. The molecule has 138 valence electrons. The molecule has 0 heterocycles. The number of nitrogens with two attached hydrogens (primary N) is 1. The number of hydrogen-bond donors (Lipinski definition) is 2. The topological polar surface area (TPSA) is 67.5 Å². The van der Waals surface area contributed by atoms with E-state index in [1.807, 2.05) is 0 Å². The Balaban J connectivity index is 2.23. The number of amides is 1. The third-order valence-corrected chi connectivity index (χ3v) is 4.24. The summed E-state index contributed by atoms with van der Waals surface area (Å²) in [4.78, 5) is 12.1.